The monoisotopic (exact) mass is 512 g/mol. The Morgan fingerprint density at radius 2 is 1.74 bits per heavy atom. The topological polar surface area (TPSA) is 93.5 Å². The Morgan fingerprint density at radius 1 is 1.03 bits per heavy atom. The van der Waals surface area contributed by atoms with Crippen LogP contribution in [0, 0.1) is 13.8 Å². The summed E-state index contributed by atoms with van der Waals surface area (Å²) in [4.78, 5) is 45.5. The normalized spacial score (nSPS) is 11.7. The third kappa shape index (κ3) is 5.29. The van der Waals surface area contributed by atoms with E-state index >= 15 is 0 Å². The zero-order valence-electron chi connectivity index (χ0n) is 22.3. The molecule has 0 bridgehead atoms. The van der Waals surface area contributed by atoms with E-state index in [1.807, 2.05) is 57.2 Å². The molecule has 1 aromatic heterocycles. The van der Waals surface area contributed by atoms with Gasteiger partial charge in [0.15, 0.2) is 0 Å². The van der Waals surface area contributed by atoms with Gasteiger partial charge < -0.3 is 15.0 Å². The molecular formula is C30H32N4O4. The number of benzene rings is 3. The maximum atomic E-state index is 13.8. The van der Waals surface area contributed by atoms with Gasteiger partial charge >= 0.3 is 12.0 Å². The zero-order valence-corrected chi connectivity index (χ0v) is 22.3. The average molecular weight is 513 g/mol. The second-order valence-corrected chi connectivity index (χ2v) is 9.18. The molecule has 0 radical (unpaired) electrons. The van der Waals surface area contributed by atoms with Crippen LogP contribution in [-0.2, 0) is 4.74 Å². The van der Waals surface area contributed by atoms with Gasteiger partial charge in [0, 0.05) is 12.7 Å². The standard InChI is InChI=1S/C30H32N4O4/c1-6-25(33(5)30(37)31-22-15-13-21(14-16-22)29(36)38-7-2)27-32-24-11-9-8-10-23(24)28(35)34(27)26-17-12-19(3)18-20(26)4/h8-18,25H,6-7H2,1-5H3,(H,31,37). The molecule has 38 heavy (non-hydrogen) atoms. The van der Waals surface area contributed by atoms with Gasteiger partial charge in [-0.1, -0.05) is 36.8 Å². The summed E-state index contributed by atoms with van der Waals surface area (Å²) in [7, 11) is 1.68. The van der Waals surface area contributed by atoms with Gasteiger partial charge in [0.1, 0.15) is 5.82 Å². The molecule has 8 heteroatoms. The largest absolute Gasteiger partial charge is 0.462 e. The molecule has 0 aliphatic rings. The SMILES string of the molecule is CCOC(=O)c1ccc(NC(=O)N(C)C(CC)c2nc3ccccc3c(=O)n2-c2ccc(C)cc2C)cc1. The Hall–Kier alpha value is -4.46. The Balaban J connectivity index is 1.73. The summed E-state index contributed by atoms with van der Waals surface area (Å²) in [6.45, 7) is 7.96. The molecule has 196 valence electrons. The number of nitrogens with zero attached hydrogens (tertiary/aromatic N) is 3. The number of para-hydroxylation sites is 1. The molecule has 4 aromatic rings. The number of hydrogen-bond acceptors (Lipinski definition) is 5. The minimum Gasteiger partial charge on any atom is -0.462 e. The first-order valence-corrected chi connectivity index (χ1v) is 12.7. The van der Waals surface area contributed by atoms with E-state index in [0.29, 0.717) is 34.4 Å². The summed E-state index contributed by atoms with van der Waals surface area (Å²) in [5, 5.41) is 3.39. The highest BCUT2D eigenvalue weighted by molar-refractivity contribution is 5.92. The number of aryl methyl sites for hydroxylation is 2. The van der Waals surface area contributed by atoms with E-state index in [9.17, 15) is 14.4 Å². The summed E-state index contributed by atoms with van der Waals surface area (Å²) < 4.78 is 6.64. The van der Waals surface area contributed by atoms with Crippen LogP contribution in [0.2, 0.25) is 0 Å². The van der Waals surface area contributed by atoms with Crippen molar-refractivity contribution in [2.24, 2.45) is 0 Å². The van der Waals surface area contributed by atoms with E-state index < -0.39 is 12.0 Å². The number of esters is 1. The third-order valence-electron chi connectivity index (χ3n) is 6.51. The first-order valence-electron chi connectivity index (χ1n) is 12.7. The molecule has 0 saturated carbocycles. The van der Waals surface area contributed by atoms with Crippen molar-refractivity contribution in [2.75, 3.05) is 19.0 Å². The van der Waals surface area contributed by atoms with Crippen LogP contribution < -0.4 is 10.9 Å². The fraction of sp³-hybridized carbons (Fsp3) is 0.267. The van der Waals surface area contributed by atoms with Gasteiger partial charge in [-0.3, -0.25) is 9.36 Å². The van der Waals surface area contributed by atoms with Gasteiger partial charge in [-0.2, -0.15) is 0 Å². The molecule has 1 heterocycles. The lowest BCUT2D eigenvalue weighted by molar-refractivity contribution is 0.0526. The molecule has 3 aromatic carbocycles. The number of carbonyl (C=O) groups is 2. The number of rotatable bonds is 7. The predicted octanol–water partition coefficient (Wildman–Crippen LogP) is 5.79. The molecule has 0 fully saturated rings. The molecule has 8 nitrogen and oxygen atoms in total. The third-order valence-corrected chi connectivity index (χ3v) is 6.51. The summed E-state index contributed by atoms with van der Waals surface area (Å²) in [5.74, 6) is 0.0683. The minimum atomic E-state index is -0.494. The molecule has 1 N–H and O–H groups in total. The Kier molecular flexibility index (Phi) is 7.90. The number of ether oxygens (including phenoxy) is 1. The molecular weight excluding hydrogens is 480 g/mol. The van der Waals surface area contributed by atoms with Crippen LogP contribution in [0.5, 0.6) is 0 Å². The van der Waals surface area contributed by atoms with Crippen molar-refractivity contribution in [1.82, 2.24) is 14.5 Å². The van der Waals surface area contributed by atoms with Crippen LogP contribution in [0.15, 0.2) is 71.5 Å². The second kappa shape index (κ2) is 11.3. The number of aromatic nitrogens is 2. The molecule has 1 atom stereocenters. The number of hydrogen-bond donors (Lipinski definition) is 1. The number of nitrogens with one attached hydrogen (secondary N) is 1. The van der Waals surface area contributed by atoms with Gasteiger partial charge in [-0.25, -0.2) is 14.6 Å². The minimum absolute atomic E-state index is 0.181. The molecule has 4 rings (SSSR count). The number of amides is 2. The lowest BCUT2D eigenvalue weighted by Crippen LogP contribution is -2.38. The highest BCUT2D eigenvalue weighted by Gasteiger charge is 2.27. The Morgan fingerprint density at radius 3 is 2.39 bits per heavy atom. The lowest BCUT2D eigenvalue weighted by Gasteiger charge is -2.29. The van der Waals surface area contributed by atoms with Gasteiger partial charge in [-0.05, 0) is 75.2 Å². The number of urea groups is 1. The van der Waals surface area contributed by atoms with E-state index in [-0.39, 0.29) is 18.2 Å². The lowest BCUT2D eigenvalue weighted by atomic mass is 10.1. The predicted molar refractivity (Wildman–Crippen MR) is 149 cm³/mol. The number of carbonyl (C=O) groups excluding carboxylic acids is 2. The van der Waals surface area contributed by atoms with Crippen molar-refractivity contribution in [2.45, 2.75) is 40.2 Å². The van der Waals surface area contributed by atoms with Gasteiger partial charge in [0.25, 0.3) is 5.56 Å². The van der Waals surface area contributed by atoms with Crippen LogP contribution in [0.1, 0.15) is 53.6 Å². The highest BCUT2D eigenvalue weighted by Crippen LogP contribution is 2.27. The molecule has 1 unspecified atom stereocenters. The molecule has 0 spiro atoms. The van der Waals surface area contributed by atoms with Crippen molar-refractivity contribution in [3.8, 4) is 5.69 Å². The maximum Gasteiger partial charge on any atom is 0.338 e. The highest BCUT2D eigenvalue weighted by atomic mass is 16.5. The molecule has 0 saturated heterocycles. The van der Waals surface area contributed by atoms with Crippen molar-refractivity contribution in [3.63, 3.8) is 0 Å². The maximum absolute atomic E-state index is 13.8. The van der Waals surface area contributed by atoms with E-state index in [1.54, 1.807) is 53.8 Å². The summed E-state index contributed by atoms with van der Waals surface area (Å²) in [5.41, 5.74) is 4.09. The first-order chi connectivity index (χ1) is 18.2. The smallest absolute Gasteiger partial charge is 0.338 e. The fourth-order valence-corrected chi connectivity index (χ4v) is 4.55. The van der Waals surface area contributed by atoms with Crippen molar-refractivity contribution in [1.29, 1.82) is 0 Å². The van der Waals surface area contributed by atoms with Gasteiger partial charge in [-0.15, -0.1) is 0 Å². The van der Waals surface area contributed by atoms with Crippen LogP contribution in [-0.4, -0.2) is 40.1 Å². The van der Waals surface area contributed by atoms with E-state index in [4.69, 9.17) is 9.72 Å². The van der Waals surface area contributed by atoms with Gasteiger partial charge in [0.05, 0.1) is 34.8 Å². The van der Waals surface area contributed by atoms with Crippen LogP contribution in [0.4, 0.5) is 10.5 Å². The first kappa shape index (κ1) is 26.6. The quantitative estimate of drug-likeness (QED) is 0.316. The molecule has 0 aliphatic heterocycles. The summed E-state index contributed by atoms with van der Waals surface area (Å²) in [6.07, 6.45) is 0.529. The van der Waals surface area contributed by atoms with Gasteiger partial charge in [0.2, 0.25) is 0 Å². The Bertz CT molecular complexity index is 1540. The molecule has 2 amide bonds. The molecule has 0 aliphatic carbocycles. The van der Waals surface area contributed by atoms with Crippen LogP contribution in [0.25, 0.3) is 16.6 Å². The van der Waals surface area contributed by atoms with Crippen molar-refractivity contribution < 1.29 is 14.3 Å². The summed E-state index contributed by atoms with van der Waals surface area (Å²) in [6, 6.07) is 18.8. The van der Waals surface area contributed by atoms with Crippen molar-refractivity contribution in [3.05, 3.63) is 99.6 Å². The Labute approximate surface area is 221 Å². The van der Waals surface area contributed by atoms with E-state index in [0.717, 1.165) is 16.8 Å². The van der Waals surface area contributed by atoms with Crippen LogP contribution in [0.3, 0.4) is 0 Å². The summed E-state index contributed by atoms with van der Waals surface area (Å²) >= 11 is 0. The number of anilines is 1. The zero-order chi connectivity index (χ0) is 27.4. The van der Waals surface area contributed by atoms with E-state index in [1.165, 1.54) is 0 Å². The fourth-order valence-electron chi connectivity index (χ4n) is 4.55. The van der Waals surface area contributed by atoms with E-state index in [2.05, 4.69) is 5.32 Å². The number of fused-ring (bicyclic) bond motifs is 1. The van der Waals surface area contributed by atoms with Crippen molar-refractivity contribution >= 4 is 28.6 Å². The average Bonchev–Trinajstić information content (AvgIpc) is 2.90. The second-order valence-electron chi connectivity index (χ2n) is 9.18. The van der Waals surface area contributed by atoms with Crippen LogP contribution >= 0.6 is 0 Å².